The lowest BCUT2D eigenvalue weighted by atomic mass is 10.2. The number of nitrogens with zero attached hydrogens (tertiary/aromatic N) is 2. The van der Waals surface area contributed by atoms with Crippen LogP contribution in [0.2, 0.25) is 0 Å². The van der Waals surface area contributed by atoms with Crippen LogP contribution in [0.5, 0.6) is 0 Å². The van der Waals surface area contributed by atoms with E-state index in [9.17, 15) is 9.59 Å². The van der Waals surface area contributed by atoms with Gasteiger partial charge in [-0.05, 0) is 25.5 Å². The molecule has 1 heterocycles. The number of hydrogen-bond donors (Lipinski definition) is 0. The van der Waals surface area contributed by atoms with Crippen molar-refractivity contribution in [2.45, 2.75) is 13.8 Å². The first-order valence-corrected chi connectivity index (χ1v) is 6.06. The molecule has 0 unspecified atom stereocenters. The Labute approximate surface area is 112 Å². The molecule has 1 amide bonds. The number of esters is 1. The molecular weight excluding hydrogens is 244 g/mol. The minimum Gasteiger partial charge on any atom is -0.465 e. The van der Waals surface area contributed by atoms with Crippen molar-refractivity contribution in [3.05, 3.63) is 42.2 Å². The topological polar surface area (TPSA) is 59.5 Å². The van der Waals surface area contributed by atoms with Gasteiger partial charge in [-0.1, -0.05) is 6.08 Å². The molecule has 102 valence electrons. The number of aromatic nitrogens is 1. The molecule has 0 radical (unpaired) electrons. The van der Waals surface area contributed by atoms with Crippen molar-refractivity contribution in [1.82, 2.24) is 9.88 Å². The van der Waals surface area contributed by atoms with Crippen LogP contribution >= 0.6 is 0 Å². The third-order valence-electron chi connectivity index (χ3n) is 2.38. The summed E-state index contributed by atoms with van der Waals surface area (Å²) in [6.45, 7) is 7.65. The van der Waals surface area contributed by atoms with E-state index in [1.165, 1.54) is 11.1 Å². The second-order valence-corrected chi connectivity index (χ2v) is 4.03. The molecule has 0 saturated heterocycles. The van der Waals surface area contributed by atoms with Crippen molar-refractivity contribution in [2.75, 3.05) is 19.7 Å². The van der Waals surface area contributed by atoms with Gasteiger partial charge in [-0.25, -0.2) is 0 Å². The first-order chi connectivity index (χ1) is 9.08. The largest absolute Gasteiger partial charge is 0.465 e. The Kier molecular flexibility index (Phi) is 5.73. The number of ether oxygens (including phenoxy) is 1. The fourth-order valence-electron chi connectivity index (χ4n) is 1.59. The second-order valence-electron chi connectivity index (χ2n) is 4.03. The van der Waals surface area contributed by atoms with E-state index < -0.39 is 5.97 Å². The lowest BCUT2D eigenvalue weighted by Crippen LogP contribution is -2.36. The van der Waals surface area contributed by atoms with Crippen LogP contribution in [-0.2, 0) is 9.53 Å². The van der Waals surface area contributed by atoms with E-state index in [-0.39, 0.29) is 19.0 Å². The SMILES string of the molecule is C=CCN(CC(=O)OCC)C(=O)c1cncc(C)c1. The summed E-state index contributed by atoms with van der Waals surface area (Å²) in [5, 5.41) is 0. The van der Waals surface area contributed by atoms with Crippen LogP contribution in [0.1, 0.15) is 22.8 Å². The van der Waals surface area contributed by atoms with Crippen molar-refractivity contribution in [2.24, 2.45) is 0 Å². The number of carbonyl (C=O) groups excluding carboxylic acids is 2. The fourth-order valence-corrected chi connectivity index (χ4v) is 1.59. The van der Waals surface area contributed by atoms with E-state index in [0.29, 0.717) is 12.2 Å². The fraction of sp³-hybridized carbons (Fsp3) is 0.357. The summed E-state index contributed by atoms with van der Waals surface area (Å²) in [6, 6.07) is 1.73. The summed E-state index contributed by atoms with van der Waals surface area (Å²) in [4.78, 5) is 29.1. The number of pyridine rings is 1. The summed E-state index contributed by atoms with van der Waals surface area (Å²) < 4.78 is 4.85. The van der Waals surface area contributed by atoms with E-state index >= 15 is 0 Å². The average Bonchev–Trinajstić information content (AvgIpc) is 2.37. The highest BCUT2D eigenvalue weighted by Crippen LogP contribution is 2.06. The van der Waals surface area contributed by atoms with E-state index in [2.05, 4.69) is 11.6 Å². The molecule has 0 saturated carbocycles. The van der Waals surface area contributed by atoms with Gasteiger partial charge in [0.05, 0.1) is 12.2 Å². The first-order valence-electron chi connectivity index (χ1n) is 6.06. The summed E-state index contributed by atoms with van der Waals surface area (Å²) >= 11 is 0. The van der Waals surface area contributed by atoms with Gasteiger partial charge in [-0.15, -0.1) is 6.58 Å². The highest BCUT2D eigenvalue weighted by molar-refractivity contribution is 5.95. The Morgan fingerprint density at radius 3 is 2.79 bits per heavy atom. The molecule has 0 aliphatic heterocycles. The quantitative estimate of drug-likeness (QED) is 0.577. The zero-order valence-electron chi connectivity index (χ0n) is 11.3. The highest BCUT2D eigenvalue weighted by atomic mass is 16.5. The van der Waals surface area contributed by atoms with Gasteiger partial charge in [-0.3, -0.25) is 14.6 Å². The molecule has 0 atom stereocenters. The Morgan fingerprint density at radius 1 is 1.47 bits per heavy atom. The lowest BCUT2D eigenvalue weighted by molar-refractivity contribution is -0.143. The summed E-state index contributed by atoms with van der Waals surface area (Å²) in [5.41, 5.74) is 1.34. The number of amides is 1. The molecule has 0 fully saturated rings. The van der Waals surface area contributed by atoms with E-state index in [4.69, 9.17) is 4.74 Å². The van der Waals surface area contributed by atoms with Crippen LogP contribution in [0.4, 0.5) is 0 Å². The molecule has 19 heavy (non-hydrogen) atoms. The first kappa shape index (κ1) is 14.9. The summed E-state index contributed by atoms with van der Waals surface area (Å²) in [7, 11) is 0. The van der Waals surface area contributed by atoms with Crippen LogP contribution in [-0.4, -0.2) is 41.5 Å². The maximum atomic E-state index is 12.3. The predicted molar refractivity (Wildman–Crippen MR) is 71.7 cm³/mol. The molecule has 1 aromatic rings. The predicted octanol–water partition coefficient (Wildman–Crippen LogP) is 1.58. The molecule has 0 aliphatic carbocycles. The smallest absolute Gasteiger partial charge is 0.325 e. The Bertz CT molecular complexity index is 472. The van der Waals surface area contributed by atoms with Crippen LogP contribution in [0.15, 0.2) is 31.1 Å². The molecule has 0 aromatic carbocycles. The number of aryl methyl sites for hydroxylation is 1. The molecule has 1 aromatic heterocycles. The summed E-state index contributed by atoms with van der Waals surface area (Å²) in [6.07, 6.45) is 4.72. The monoisotopic (exact) mass is 262 g/mol. The third-order valence-corrected chi connectivity index (χ3v) is 2.38. The van der Waals surface area contributed by atoms with Crippen molar-refractivity contribution in [3.8, 4) is 0 Å². The normalized spacial score (nSPS) is 9.79. The van der Waals surface area contributed by atoms with Crippen molar-refractivity contribution in [3.63, 3.8) is 0 Å². The molecule has 0 N–H and O–H groups in total. The van der Waals surface area contributed by atoms with Crippen molar-refractivity contribution in [1.29, 1.82) is 0 Å². The Hall–Kier alpha value is -2.17. The van der Waals surface area contributed by atoms with Gasteiger partial charge < -0.3 is 9.64 Å². The average molecular weight is 262 g/mol. The minimum atomic E-state index is -0.432. The molecule has 0 bridgehead atoms. The maximum absolute atomic E-state index is 12.3. The zero-order valence-corrected chi connectivity index (χ0v) is 11.3. The van der Waals surface area contributed by atoms with Gasteiger partial charge in [0.25, 0.3) is 5.91 Å². The number of hydrogen-bond acceptors (Lipinski definition) is 4. The van der Waals surface area contributed by atoms with E-state index in [1.54, 1.807) is 25.3 Å². The third kappa shape index (κ3) is 4.54. The summed E-state index contributed by atoms with van der Waals surface area (Å²) in [5.74, 6) is -0.692. The lowest BCUT2D eigenvalue weighted by Gasteiger charge is -2.20. The molecule has 1 rings (SSSR count). The Balaban J connectivity index is 2.83. The molecule has 0 aliphatic rings. The van der Waals surface area contributed by atoms with Crippen LogP contribution in [0.25, 0.3) is 0 Å². The minimum absolute atomic E-state index is 0.0906. The highest BCUT2D eigenvalue weighted by Gasteiger charge is 2.18. The Morgan fingerprint density at radius 2 is 2.21 bits per heavy atom. The molecule has 5 heteroatoms. The van der Waals surface area contributed by atoms with Crippen molar-refractivity contribution < 1.29 is 14.3 Å². The molecule has 0 spiro atoms. The van der Waals surface area contributed by atoms with Crippen LogP contribution < -0.4 is 0 Å². The van der Waals surface area contributed by atoms with E-state index in [1.807, 2.05) is 6.92 Å². The van der Waals surface area contributed by atoms with Crippen molar-refractivity contribution >= 4 is 11.9 Å². The van der Waals surface area contributed by atoms with Crippen LogP contribution in [0, 0.1) is 6.92 Å². The maximum Gasteiger partial charge on any atom is 0.325 e. The van der Waals surface area contributed by atoms with E-state index in [0.717, 1.165) is 5.56 Å². The number of rotatable bonds is 6. The van der Waals surface area contributed by atoms with Gasteiger partial charge in [0.2, 0.25) is 0 Å². The molecule has 5 nitrogen and oxygen atoms in total. The van der Waals surface area contributed by atoms with Crippen LogP contribution in [0.3, 0.4) is 0 Å². The van der Waals surface area contributed by atoms with Gasteiger partial charge in [0.15, 0.2) is 0 Å². The standard InChI is InChI=1S/C14H18N2O3/c1-4-6-16(10-13(17)19-5-2)14(18)12-7-11(3)8-15-9-12/h4,7-9H,1,5-6,10H2,2-3H3. The van der Waals surface area contributed by atoms with Gasteiger partial charge in [0, 0.05) is 18.9 Å². The van der Waals surface area contributed by atoms with Gasteiger partial charge >= 0.3 is 5.97 Å². The second kappa shape index (κ2) is 7.31. The molecular formula is C14H18N2O3. The van der Waals surface area contributed by atoms with Gasteiger partial charge in [0.1, 0.15) is 6.54 Å². The van der Waals surface area contributed by atoms with Gasteiger partial charge in [-0.2, -0.15) is 0 Å². The zero-order chi connectivity index (χ0) is 14.3. The number of carbonyl (C=O) groups is 2.